The molecule has 150 valence electrons. The fourth-order valence-electron chi connectivity index (χ4n) is 3.11. The van der Waals surface area contributed by atoms with Gasteiger partial charge in [0.15, 0.2) is 0 Å². The van der Waals surface area contributed by atoms with Crippen molar-refractivity contribution >= 4 is 39.1 Å². The first-order valence-corrected chi connectivity index (χ1v) is 11.1. The van der Waals surface area contributed by atoms with Crippen molar-refractivity contribution in [3.05, 3.63) is 46.1 Å². The highest BCUT2D eigenvalue weighted by molar-refractivity contribution is 7.99. The number of hydrogen-bond acceptors (Lipinski definition) is 8. The van der Waals surface area contributed by atoms with Gasteiger partial charge in [-0.2, -0.15) is 4.68 Å². The fourth-order valence-corrected chi connectivity index (χ4v) is 5.00. The maximum atomic E-state index is 6.24. The Labute approximate surface area is 177 Å². The van der Waals surface area contributed by atoms with E-state index in [9.17, 15) is 0 Å². The number of hydrogen-bond donors (Lipinski definition) is 1. The van der Waals surface area contributed by atoms with Crippen molar-refractivity contribution in [2.24, 2.45) is 0 Å². The molecule has 0 bridgehead atoms. The van der Waals surface area contributed by atoms with E-state index in [4.69, 9.17) is 10.7 Å². The maximum absolute atomic E-state index is 6.24. The Bertz CT molecular complexity index is 1160. The standard InChI is InChI=1S/C20H23N7S2/c1-10(2)14-6-8-15(9-7-14)27-20(24-25-26-27)29-13(5)18-22-17(21)16-11(3)12(4)28-19(16)23-18/h6-10,13H,1-5H3,(H2,21,22,23). The van der Waals surface area contributed by atoms with Crippen LogP contribution in [0.2, 0.25) is 0 Å². The second-order valence-corrected chi connectivity index (χ2v) is 9.82. The molecule has 3 aromatic heterocycles. The second-order valence-electron chi connectivity index (χ2n) is 7.31. The lowest BCUT2D eigenvalue weighted by molar-refractivity contribution is 0.752. The van der Waals surface area contributed by atoms with Crippen molar-refractivity contribution < 1.29 is 0 Å². The van der Waals surface area contributed by atoms with Gasteiger partial charge >= 0.3 is 0 Å². The van der Waals surface area contributed by atoms with Crippen LogP contribution in [0.4, 0.5) is 5.82 Å². The fraction of sp³-hybridized carbons (Fsp3) is 0.350. The van der Waals surface area contributed by atoms with Gasteiger partial charge in [0, 0.05) is 4.88 Å². The van der Waals surface area contributed by atoms with Gasteiger partial charge in [-0.25, -0.2) is 9.97 Å². The van der Waals surface area contributed by atoms with E-state index in [-0.39, 0.29) is 5.25 Å². The Kier molecular flexibility index (Phi) is 5.26. The number of benzene rings is 1. The number of fused-ring (bicyclic) bond motifs is 1. The summed E-state index contributed by atoms with van der Waals surface area (Å²) in [5.74, 6) is 1.70. The average Bonchev–Trinajstić information content (AvgIpc) is 3.26. The molecule has 0 radical (unpaired) electrons. The summed E-state index contributed by atoms with van der Waals surface area (Å²) in [7, 11) is 0. The lowest BCUT2D eigenvalue weighted by atomic mass is 10.0. The van der Waals surface area contributed by atoms with E-state index in [1.807, 2.05) is 19.1 Å². The van der Waals surface area contributed by atoms with Gasteiger partial charge in [-0.05, 0) is 60.4 Å². The Morgan fingerprint density at radius 1 is 1.07 bits per heavy atom. The zero-order chi connectivity index (χ0) is 20.7. The zero-order valence-electron chi connectivity index (χ0n) is 17.0. The van der Waals surface area contributed by atoms with Gasteiger partial charge in [-0.15, -0.1) is 16.4 Å². The monoisotopic (exact) mass is 425 g/mol. The molecule has 0 spiro atoms. The highest BCUT2D eigenvalue weighted by atomic mass is 32.2. The van der Waals surface area contributed by atoms with Crippen LogP contribution >= 0.6 is 23.1 Å². The molecule has 1 aromatic carbocycles. The number of thioether (sulfide) groups is 1. The molecule has 0 aliphatic heterocycles. The van der Waals surface area contributed by atoms with Crippen molar-refractivity contribution in [2.75, 3.05) is 5.73 Å². The third-order valence-corrected chi connectivity index (χ3v) is 7.10. The number of nitrogens with zero attached hydrogens (tertiary/aromatic N) is 6. The predicted octanol–water partition coefficient (Wildman–Crippen LogP) is 4.84. The number of aromatic nitrogens is 6. The van der Waals surface area contributed by atoms with E-state index < -0.39 is 0 Å². The van der Waals surface area contributed by atoms with Gasteiger partial charge in [0.2, 0.25) is 5.16 Å². The predicted molar refractivity (Wildman–Crippen MR) is 119 cm³/mol. The summed E-state index contributed by atoms with van der Waals surface area (Å²) in [6, 6.07) is 8.30. The number of rotatable bonds is 5. The van der Waals surface area contributed by atoms with Crippen molar-refractivity contribution in [1.82, 2.24) is 30.2 Å². The average molecular weight is 426 g/mol. The van der Waals surface area contributed by atoms with Gasteiger partial charge in [-0.1, -0.05) is 37.7 Å². The molecule has 0 aliphatic rings. The van der Waals surface area contributed by atoms with Crippen molar-refractivity contribution in [3.63, 3.8) is 0 Å². The Morgan fingerprint density at radius 3 is 2.48 bits per heavy atom. The largest absolute Gasteiger partial charge is 0.383 e. The van der Waals surface area contributed by atoms with E-state index in [1.165, 1.54) is 22.2 Å². The summed E-state index contributed by atoms with van der Waals surface area (Å²) >= 11 is 3.16. The number of nitrogen functional groups attached to an aromatic ring is 1. The van der Waals surface area contributed by atoms with Gasteiger partial charge in [0.1, 0.15) is 16.5 Å². The molecule has 0 saturated heterocycles. The first-order valence-electron chi connectivity index (χ1n) is 9.43. The van der Waals surface area contributed by atoms with Crippen molar-refractivity contribution in [2.45, 2.75) is 50.9 Å². The molecular formula is C20H23N7S2. The van der Waals surface area contributed by atoms with E-state index in [2.05, 4.69) is 60.3 Å². The van der Waals surface area contributed by atoms with E-state index in [0.717, 1.165) is 21.5 Å². The summed E-state index contributed by atoms with van der Waals surface area (Å²) < 4.78 is 1.74. The lowest BCUT2D eigenvalue weighted by Gasteiger charge is -2.11. The van der Waals surface area contributed by atoms with Gasteiger partial charge < -0.3 is 5.73 Å². The van der Waals surface area contributed by atoms with Crippen LogP contribution in [0.1, 0.15) is 53.8 Å². The molecule has 4 aromatic rings. The number of thiophene rings is 1. The van der Waals surface area contributed by atoms with Crippen LogP contribution in [0.5, 0.6) is 0 Å². The summed E-state index contributed by atoms with van der Waals surface area (Å²) in [4.78, 5) is 11.5. The molecule has 2 N–H and O–H groups in total. The van der Waals surface area contributed by atoms with Crippen molar-refractivity contribution in [3.8, 4) is 5.69 Å². The summed E-state index contributed by atoms with van der Waals surface area (Å²) in [5.41, 5.74) is 9.60. The van der Waals surface area contributed by atoms with Crippen LogP contribution in [0, 0.1) is 13.8 Å². The first kappa shape index (κ1) is 19.8. The molecule has 29 heavy (non-hydrogen) atoms. The molecule has 7 nitrogen and oxygen atoms in total. The van der Waals surface area contributed by atoms with Crippen LogP contribution in [-0.2, 0) is 0 Å². The van der Waals surface area contributed by atoms with E-state index in [0.29, 0.717) is 22.7 Å². The summed E-state index contributed by atoms with van der Waals surface area (Å²) in [6.45, 7) is 10.5. The minimum atomic E-state index is -0.0518. The minimum Gasteiger partial charge on any atom is -0.383 e. The molecule has 0 saturated carbocycles. The topological polar surface area (TPSA) is 95.4 Å². The highest BCUT2D eigenvalue weighted by Crippen LogP contribution is 2.37. The molecule has 1 unspecified atom stereocenters. The normalized spacial score (nSPS) is 12.8. The molecule has 9 heteroatoms. The Morgan fingerprint density at radius 2 is 1.79 bits per heavy atom. The number of aryl methyl sites for hydroxylation is 2. The van der Waals surface area contributed by atoms with Crippen LogP contribution in [-0.4, -0.2) is 30.2 Å². The summed E-state index contributed by atoms with van der Waals surface area (Å²) in [5, 5.41) is 13.8. The maximum Gasteiger partial charge on any atom is 0.214 e. The molecule has 4 rings (SSSR count). The highest BCUT2D eigenvalue weighted by Gasteiger charge is 2.20. The number of tetrazole rings is 1. The van der Waals surface area contributed by atoms with Gasteiger partial charge in [0.05, 0.1) is 16.3 Å². The molecule has 0 aliphatic carbocycles. The third kappa shape index (κ3) is 3.72. The Balaban J connectivity index is 1.62. The van der Waals surface area contributed by atoms with Crippen LogP contribution in [0.3, 0.4) is 0 Å². The molecule has 0 fully saturated rings. The lowest BCUT2D eigenvalue weighted by Crippen LogP contribution is -2.04. The minimum absolute atomic E-state index is 0.0518. The van der Waals surface area contributed by atoms with E-state index >= 15 is 0 Å². The molecule has 3 heterocycles. The van der Waals surface area contributed by atoms with Crippen LogP contribution in [0.25, 0.3) is 15.9 Å². The number of anilines is 1. The van der Waals surface area contributed by atoms with Gasteiger partial charge in [-0.3, -0.25) is 0 Å². The molecular weight excluding hydrogens is 402 g/mol. The molecule has 1 atom stereocenters. The van der Waals surface area contributed by atoms with Crippen molar-refractivity contribution in [1.29, 1.82) is 0 Å². The molecule has 0 amide bonds. The Hall–Kier alpha value is -2.52. The van der Waals surface area contributed by atoms with Gasteiger partial charge in [0.25, 0.3) is 0 Å². The smallest absolute Gasteiger partial charge is 0.214 e. The third-order valence-electron chi connectivity index (χ3n) is 4.96. The first-order chi connectivity index (χ1) is 13.8. The quantitative estimate of drug-likeness (QED) is 0.457. The zero-order valence-corrected chi connectivity index (χ0v) is 18.7. The number of nitrogens with two attached hydrogens (primary N) is 1. The second kappa shape index (κ2) is 7.72. The van der Waals surface area contributed by atoms with Crippen LogP contribution in [0.15, 0.2) is 29.4 Å². The SMILES string of the molecule is Cc1sc2nc(C(C)Sc3nnnn3-c3ccc(C(C)C)cc3)nc(N)c2c1C. The van der Waals surface area contributed by atoms with Crippen LogP contribution < -0.4 is 5.73 Å². The summed E-state index contributed by atoms with van der Waals surface area (Å²) in [6.07, 6.45) is 0. The van der Waals surface area contributed by atoms with E-state index in [1.54, 1.807) is 16.0 Å².